The fourth-order valence-corrected chi connectivity index (χ4v) is 5.23. The predicted molar refractivity (Wildman–Crippen MR) is 146 cm³/mol. The number of halogens is 3. The van der Waals surface area contributed by atoms with Gasteiger partial charge in [0.05, 0.1) is 30.9 Å². The maximum absolute atomic E-state index is 13.6. The first-order chi connectivity index (χ1) is 20.8. The van der Waals surface area contributed by atoms with Crippen LogP contribution in [0.1, 0.15) is 30.0 Å². The molecule has 0 spiro atoms. The van der Waals surface area contributed by atoms with E-state index in [-0.39, 0.29) is 24.2 Å². The lowest BCUT2D eigenvalue weighted by Gasteiger charge is -2.35. The summed E-state index contributed by atoms with van der Waals surface area (Å²) in [7, 11) is 0. The van der Waals surface area contributed by atoms with Crippen LogP contribution in [0.4, 0.5) is 13.2 Å². The fourth-order valence-electron chi connectivity index (χ4n) is 5.23. The van der Waals surface area contributed by atoms with Crippen molar-refractivity contribution >= 4 is 40.4 Å². The Hall–Kier alpha value is -5.21. The standard InChI is InChI=1S/C29H25F3N4O8/c1-2-28(44-24(39)12-34-22(37)10-33-23(38)11-35-26(41)29(30,31)32)20-9-21-18-8-16-6-4-3-5-15(16)7-17(18)13-36(21)25(40)19(20)14-43-27(28)42/h3-9H,2,10-14H2,1H3,(H,33,38)(H,34,37)(H,35,41)/t28-/m0/s1. The first kappa shape index (κ1) is 30.3. The number of carbonyl (C=O) groups excluding carboxylic acids is 5. The van der Waals surface area contributed by atoms with Gasteiger partial charge in [0.1, 0.15) is 13.2 Å². The van der Waals surface area contributed by atoms with Crippen LogP contribution in [0.15, 0.2) is 47.3 Å². The zero-order valence-corrected chi connectivity index (χ0v) is 23.1. The molecule has 3 amide bonds. The van der Waals surface area contributed by atoms with Crippen molar-refractivity contribution in [3.8, 4) is 11.3 Å². The van der Waals surface area contributed by atoms with E-state index in [1.165, 1.54) is 5.32 Å². The molecule has 2 aliphatic heterocycles. The van der Waals surface area contributed by atoms with E-state index in [0.29, 0.717) is 12.2 Å². The topological polar surface area (TPSA) is 162 Å². The van der Waals surface area contributed by atoms with Gasteiger partial charge >= 0.3 is 24.0 Å². The second-order valence-corrected chi connectivity index (χ2v) is 10.1. The summed E-state index contributed by atoms with van der Waals surface area (Å²) in [5, 5.41) is 7.46. The van der Waals surface area contributed by atoms with Crippen LogP contribution in [-0.4, -0.2) is 60.0 Å². The monoisotopic (exact) mass is 614 g/mol. The van der Waals surface area contributed by atoms with Crippen molar-refractivity contribution in [1.29, 1.82) is 0 Å². The summed E-state index contributed by atoms with van der Waals surface area (Å²) < 4.78 is 49.1. The molecule has 12 nitrogen and oxygen atoms in total. The zero-order valence-electron chi connectivity index (χ0n) is 23.1. The number of hydrogen-bond donors (Lipinski definition) is 3. The summed E-state index contributed by atoms with van der Waals surface area (Å²) in [6.07, 6.45) is -5.27. The van der Waals surface area contributed by atoms with Crippen molar-refractivity contribution < 1.29 is 46.6 Å². The van der Waals surface area contributed by atoms with E-state index in [2.05, 4.69) is 5.32 Å². The van der Waals surface area contributed by atoms with Crippen molar-refractivity contribution in [2.24, 2.45) is 0 Å². The van der Waals surface area contributed by atoms with E-state index in [1.54, 1.807) is 17.6 Å². The lowest BCUT2D eigenvalue weighted by Crippen LogP contribution is -2.49. The first-order valence-corrected chi connectivity index (χ1v) is 13.4. The van der Waals surface area contributed by atoms with Crippen LogP contribution < -0.4 is 21.5 Å². The number of rotatable bonds is 8. The molecule has 0 fully saturated rings. The molecule has 2 aromatic carbocycles. The number of pyridine rings is 1. The summed E-state index contributed by atoms with van der Waals surface area (Å²) in [4.78, 5) is 74.1. The number of aromatic nitrogens is 1. The van der Waals surface area contributed by atoms with Gasteiger partial charge in [-0.05, 0) is 41.0 Å². The number of alkyl halides is 3. The number of nitrogens with zero attached hydrogens (tertiary/aromatic N) is 1. The molecule has 44 heavy (non-hydrogen) atoms. The van der Waals surface area contributed by atoms with E-state index in [4.69, 9.17) is 9.47 Å². The molecule has 0 radical (unpaired) electrons. The largest absolute Gasteiger partial charge is 0.471 e. The second-order valence-electron chi connectivity index (χ2n) is 10.1. The molecule has 230 valence electrons. The SMILES string of the molecule is CC[C@@]1(OC(=O)CNC(=O)CNC(=O)CNC(=O)C(F)(F)F)C(=O)OCc2c1cc1n(c2=O)Cc2cc3ccccc3cc2-1. The maximum atomic E-state index is 13.6. The van der Waals surface area contributed by atoms with Crippen molar-refractivity contribution in [3.05, 3.63) is 69.5 Å². The number of esters is 2. The van der Waals surface area contributed by atoms with Crippen LogP contribution in [-0.2, 0) is 52.2 Å². The average molecular weight is 615 g/mol. The van der Waals surface area contributed by atoms with E-state index in [9.17, 15) is 41.9 Å². The van der Waals surface area contributed by atoms with Gasteiger partial charge in [-0.2, -0.15) is 13.2 Å². The van der Waals surface area contributed by atoms with E-state index >= 15 is 0 Å². The molecular formula is C29H25F3N4O8. The summed E-state index contributed by atoms with van der Waals surface area (Å²) in [5.41, 5.74) is 0.224. The molecule has 0 aliphatic carbocycles. The van der Waals surface area contributed by atoms with Gasteiger partial charge < -0.3 is 30.0 Å². The minimum absolute atomic E-state index is 0.0916. The Balaban J connectivity index is 1.30. The van der Waals surface area contributed by atoms with Gasteiger partial charge in [0.2, 0.25) is 17.4 Å². The lowest BCUT2D eigenvalue weighted by molar-refractivity contribution is -0.189. The van der Waals surface area contributed by atoms with E-state index < -0.39 is 66.6 Å². The molecule has 0 saturated heterocycles. The minimum atomic E-state index is -5.17. The van der Waals surface area contributed by atoms with Crippen molar-refractivity contribution in [2.45, 2.75) is 38.3 Å². The molecule has 5 rings (SSSR count). The van der Waals surface area contributed by atoms with Crippen LogP contribution in [0.3, 0.4) is 0 Å². The third-order valence-electron chi connectivity index (χ3n) is 7.42. The third kappa shape index (κ3) is 5.59. The summed E-state index contributed by atoms with van der Waals surface area (Å²) >= 11 is 0. The lowest BCUT2D eigenvalue weighted by atomic mass is 9.85. The number of benzene rings is 2. The van der Waals surface area contributed by atoms with Gasteiger partial charge in [0.25, 0.3) is 5.56 Å². The highest BCUT2D eigenvalue weighted by Crippen LogP contribution is 2.41. The average Bonchev–Trinajstić information content (AvgIpc) is 3.35. The van der Waals surface area contributed by atoms with Crippen LogP contribution >= 0.6 is 0 Å². The van der Waals surface area contributed by atoms with Gasteiger partial charge in [-0.15, -0.1) is 0 Å². The number of hydrogen-bond acceptors (Lipinski definition) is 8. The molecule has 15 heteroatoms. The summed E-state index contributed by atoms with van der Waals surface area (Å²) in [6.45, 7) is -0.936. The normalized spacial score (nSPS) is 16.7. The van der Waals surface area contributed by atoms with Crippen LogP contribution in [0, 0.1) is 0 Å². The molecule has 3 N–H and O–H groups in total. The van der Waals surface area contributed by atoms with Gasteiger partial charge in [0, 0.05) is 11.1 Å². The first-order valence-electron chi connectivity index (χ1n) is 13.4. The number of nitrogens with one attached hydrogen (secondary N) is 3. The Morgan fingerprint density at radius 3 is 2.25 bits per heavy atom. The van der Waals surface area contributed by atoms with E-state index in [1.807, 2.05) is 41.7 Å². The molecule has 3 heterocycles. The fraction of sp³-hybridized carbons (Fsp3) is 0.310. The van der Waals surface area contributed by atoms with Gasteiger partial charge in [-0.3, -0.25) is 24.0 Å². The molecular weight excluding hydrogens is 589 g/mol. The van der Waals surface area contributed by atoms with Crippen molar-refractivity contribution in [1.82, 2.24) is 20.5 Å². The minimum Gasteiger partial charge on any atom is -0.457 e. The summed E-state index contributed by atoms with van der Waals surface area (Å²) in [6, 6.07) is 13.3. The number of ether oxygens (including phenoxy) is 2. The van der Waals surface area contributed by atoms with E-state index in [0.717, 1.165) is 21.9 Å². The van der Waals surface area contributed by atoms with Crippen molar-refractivity contribution in [3.63, 3.8) is 0 Å². The number of amides is 3. The second kappa shape index (κ2) is 11.5. The van der Waals surface area contributed by atoms with Crippen LogP contribution in [0.25, 0.3) is 22.0 Å². The number of cyclic esters (lactones) is 1. The smallest absolute Gasteiger partial charge is 0.457 e. The zero-order chi connectivity index (χ0) is 31.8. The highest BCUT2D eigenvalue weighted by Gasteiger charge is 2.50. The Kier molecular flexibility index (Phi) is 7.88. The molecule has 2 aliphatic rings. The van der Waals surface area contributed by atoms with Gasteiger partial charge in [-0.1, -0.05) is 31.2 Å². The molecule has 0 saturated carbocycles. The van der Waals surface area contributed by atoms with Crippen LogP contribution in [0.2, 0.25) is 0 Å². The molecule has 3 aromatic rings. The highest BCUT2D eigenvalue weighted by molar-refractivity contribution is 5.93. The molecule has 1 atom stereocenters. The third-order valence-corrected chi connectivity index (χ3v) is 7.42. The Bertz CT molecular complexity index is 1780. The maximum Gasteiger partial charge on any atom is 0.471 e. The Morgan fingerprint density at radius 2 is 1.59 bits per heavy atom. The Labute approximate surface area is 246 Å². The van der Waals surface area contributed by atoms with Crippen molar-refractivity contribution in [2.75, 3.05) is 19.6 Å². The molecule has 1 aromatic heterocycles. The highest BCUT2D eigenvalue weighted by atomic mass is 19.4. The summed E-state index contributed by atoms with van der Waals surface area (Å²) in [5.74, 6) is -6.25. The van der Waals surface area contributed by atoms with Gasteiger partial charge in [0.15, 0.2) is 0 Å². The van der Waals surface area contributed by atoms with Gasteiger partial charge in [-0.25, -0.2) is 4.79 Å². The number of fused-ring (bicyclic) bond motifs is 5. The van der Waals surface area contributed by atoms with Crippen LogP contribution in [0.5, 0.6) is 0 Å². The molecule has 0 unspecified atom stereocenters. The number of carbonyl (C=O) groups is 5. The molecule has 0 bridgehead atoms. The Morgan fingerprint density at radius 1 is 0.955 bits per heavy atom. The quantitative estimate of drug-likeness (QED) is 0.249. The predicted octanol–water partition coefficient (Wildman–Crippen LogP) is 1.15.